The lowest BCUT2D eigenvalue weighted by Gasteiger charge is -2.27. The van der Waals surface area contributed by atoms with E-state index in [-0.39, 0.29) is 18.0 Å². The van der Waals surface area contributed by atoms with Gasteiger partial charge in [0.15, 0.2) is 0 Å². The van der Waals surface area contributed by atoms with Gasteiger partial charge in [-0.05, 0) is 37.0 Å². The van der Waals surface area contributed by atoms with Crippen molar-refractivity contribution in [2.75, 3.05) is 6.61 Å². The molecule has 0 aliphatic heterocycles. The van der Waals surface area contributed by atoms with Crippen LogP contribution in [0.2, 0.25) is 0 Å². The summed E-state index contributed by atoms with van der Waals surface area (Å²) in [5.41, 5.74) is 0. The van der Waals surface area contributed by atoms with Crippen molar-refractivity contribution in [3.05, 3.63) is 0 Å². The maximum Gasteiger partial charge on any atom is 0.302 e. The molecule has 16 heavy (non-hydrogen) atoms. The number of carbonyl (C=O) groups excluding carboxylic acids is 2. The van der Waals surface area contributed by atoms with Gasteiger partial charge in [-0.25, -0.2) is 0 Å². The molecule has 0 amide bonds. The van der Waals surface area contributed by atoms with E-state index < -0.39 is 0 Å². The fourth-order valence-electron chi connectivity index (χ4n) is 3.13. The summed E-state index contributed by atoms with van der Waals surface area (Å²) in [5, 5.41) is 0. The summed E-state index contributed by atoms with van der Waals surface area (Å²) >= 11 is 0. The highest BCUT2D eigenvalue weighted by molar-refractivity contribution is 5.66. The van der Waals surface area contributed by atoms with Crippen LogP contribution in [0.1, 0.15) is 33.1 Å². The molecule has 2 fully saturated rings. The first-order valence-corrected chi connectivity index (χ1v) is 5.87. The third-order valence-electron chi connectivity index (χ3n) is 3.76. The van der Waals surface area contributed by atoms with Gasteiger partial charge in [0.2, 0.25) is 0 Å². The molecule has 4 atom stereocenters. The van der Waals surface area contributed by atoms with Crippen molar-refractivity contribution in [1.29, 1.82) is 0 Å². The highest BCUT2D eigenvalue weighted by Gasteiger charge is 2.47. The van der Waals surface area contributed by atoms with E-state index in [0.717, 1.165) is 19.3 Å². The Morgan fingerprint density at radius 1 is 1.06 bits per heavy atom. The lowest BCUT2D eigenvalue weighted by molar-refractivity contribution is -0.149. The summed E-state index contributed by atoms with van der Waals surface area (Å²) in [7, 11) is 0. The van der Waals surface area contributed by atoms with Gasteiger partial charge in [0.25, 0.3) is 0 Å². The van der Waals surface area contributed by atoms with Crippen molar-refractivity contribution in [2.45, 2.75) is 39.2 Å². The summed E-state index contributed by atoms with van der Waals surface area (Å²) in [5.74, 6) is 1.12. The molecule has 2 aliphatic rings. The van der Waals surface area contributed by atoms with Crippen LogP contribution < -0.4 is 0 Å². The third kappa shape index (κ3) is 2.36. The molecule has 0 aromatic rings. The Labute approximate surface area is 95.3 Å². The van der Waals surface area contributed by atoms with E-state index in [4.69, 9.17) is 9.47 Å². The van der Waals surface area contributed by atoms with Crippen molar-refractivity contribution >= 4 is 11.9 Å². The van der Waals surface area contributed by atoms with Gasteiger partial charge in [0.1, 0.15) is 6.10 Å². The molecular weight excluding hydrogens is 208 g/mol. The topological polar surface area (TPSA) is 52.6 Å². The third-order valence-corrected chi connectivity index (χ3v) is 3.76. The molecule has 4 unspecified atom stereocenters. The van der Waals surface area contributed by atoms with Crippen LogP contribution in [-0.2, 0) is 19.1 Å². The number of carbonyl (C=O) groups is 2. The van der Waals surface area contributed by atoms with E-state index in [0.29, 0.717) is 24.4 Å². The van der Waals surface area contributed by atoms with Crippen molar-refractivity contribution in [3.8, 4) is 0 Å². The van der Waals surface area contributed by atoms with Gasteiger partial charge < -0.3 is 9.47 Å². The Morgan fingerprint density at radius 3 is 2.31 bits per heavy atom. The second-order valence-corrected chi connectivity index (χ2v) is 4.94. The summed E-state index contributed by atoms with van der Waals surface area (Å²) < 4.78 is 10.3. The van der Waals surface area contributed by atoms with Gasteiger partial charge in [-0.3, -0.25) is 9.59 Å². The van der Waals surface area contributed by atoms with Crippen LogP contribution in [0.5, 0.6) is 0 Å². The standard InChI is InChI=1S/C12H18O4/c1-7(13)15-6-11-4-10-3-9(11)5-12(10)16-8(2)14/h9-12H,3-6H2,1-2H3. The quantitative estimate of drug-likeness (QED) is 0.685. The molecule has 2 rings (SSSR count). The first kappa shape index (κ1) is 11.4. The highest BCUT2D eigenvalue weighted by atomic mass is 16.5. The average Bonchev–Trinajstić information content (AvgIpc) is 2.72. The van der Waals surface area contributed by atoms with Crippen LogP contribution in [0.4, 0.5) is 0 Å². The van der Waals surface area contributed by atoms with Crippen LogP contribution in [0.15, 0.2) is 0 Å². The number of hydrogen-bond acceptors (Lipinski definition) is 4. The molecule has 4 nitrogen and oxygen atoms in total. The van der Waals surface area contributed by atoms with Crippen LogP contribution >= 0.6 is 0 Å². The Kier molecular flexibility index (Phi) is 3.17. The van der Waals surface area contributed by atoms with Crippen LogP contribution in [0.3, 0.4) is 0 Å². The number of hydrogen-bond donors (Lipinski definition) is 0. The summed E-state index contributed by atoms with van der Waals surface area (Å²) in [6, 6.07) is 0. The SMILES string of the molecule is CC(=O)OCC1CC2CC1CC2OC(C)=O. The minimum Gasteiger partial charge on any atom is -0.466 e. The summed E-state index contributed by atoms with van der Waals surface area (Å²) in [6.07, 6.45) is 3.19. The van der Waals surface area contributed by atoms with Gasteiger partial charge in [-0.1, -0.05) is 0 Å². The predicted octanol–water partition coefficient (Wildman–Crippen LogP) is 1.53. The van der Waals surface area contributed by atoms with Crippen LogP contribution in [-0.4, -0.2) is 24.6 Å². The van der Waals surface area contributed by atoms with E-state index in [2.05, 4.69) is 0 Å². The maximum absolute atomic E-state index is 10.9. The molecule has 0 radical (unpaired) electrons. The number of fused-ring (bicyclic) bond motifs is 2. The zero-order valence-corrected chi connectivity index (χ0v) is 9.77. The van der Waals surface area contributed by atoms with Gasteiger partial charge in [-0.2, -0.15) is 0 Å². The summed E-state index contributed by atoms with van der Waals surface area (Å²) in [4.78, 5) is 21.6. The van der Waals surface area contributed by atoms with E-state index >= 15 is 0 Å². The zero-order valence-electron chi connectivity index (χ0n) is 9.77. The first-order valence-electron chi connectivity index (χ1n) is 5.87. The van der Waals surface area contributed by atoms with Crippen LogP contribution in [0, 0.1) is 17.8 Å². The van der Waals surface area contributed by atoms with Crippen molar-refractivity contribution < 1.29 is 19.1 Å². The fraction of sp³-hybridized carbons (Fsp3) is 0.833. The summed E-state index contributed by atoms with van der Waals surface area (Å²) in [6.45, 7) is 3.43. The van der Waals surface area contributed by atoms with E-state index in [9.17, 15) is 9.59 Å². The molecule has 90 valence electrons. The lowest BCUT2D eigenvalue weighted by atomic mass is 9.88. The Bertz CT molecular complexity index is 299. The molecule has 0 N–H and O–H groups in total. The van der Waals surface area contributed by atoms with E-state index in [1.165, 1.54) is 13.8 Å². The number of ether oxygens (including phenoxy) is 2. The highest BCUT2D eigenvalue weighted by Crippen LogP contribution is 2.49. The van der Waals surface area contributed by atoms with Crippen molar-refractivity contribution in [2.24, 2.45) is 17.8 Å². The zero-order chi connectivity index (χ0) is 11.7. The monoisotopic (exact) mass is 226 g/mol. The molecule has 0 saturated heterocycles. The molecule has 2 bridgehead atoms. The molecule has 0 aromatic carbocycles. The van der Waals surface area contributed by atoms with Crippen molar-refractivity contribution in [1.82, 2.24) is 0 Å². The molecule has 0 heterocycles. The normalized spacial score (nSPS) is 36.1. The smallest absolute Gasteiger partial charge is 0.302 e. The lowest BCUT2D eigenvalue weighted by Crippen LogP contribution is -2.28. The fourth-order valence-corrected chi connectivity index (χ4v) is 3.13. The van der Waals surface area contributed by atoms with Gasteiger partial charge in [0, 0.05) is 13.8 Å². The Hall–Kier alpha value is -1.06. The molecular formula is C12H18O4. The second kappa shape index (κ2) is 4.44. The minimum atomic E-state index is -0.209. The van der Waals surface area contributed by atoms with Crippen LogP contribution in [0.25, 0.3) is 0 Å². The number of rotatable bonds is 3. The Morgan fingerprint density at radius 2 is 1.81 bits per heavy atom. The van der Waals surface area contributed by atoms with E-state index in [1.54, 1.807) is 0 Å². The average molecular weight is 226 g/mol. The molecule has 4 heteroatoms. The Balaban J connectivity index is 1.81. The largest absolute Gasteiger partial charge is 0.466 e. The molecule has 0 spiro atoms. The molecule has 0 aromatic heterocycles. The second-order valence-electron chi connectivity index (χ2n) is 4.94. The maximum atomic E-state index is 10.9. The molecule has 2 saturated carbocycles. The van der Waals surface area contributed by atoms with Gasteiger partial charge in [0.05, 0.1) is 6.61 Å². The van der Waals surface area contributed by atoms with Gasteiger partial charge in [-0.15, -0.1) is 0 Å². The first-order chi connectivity index (χ1) is 7.56. The van der Waals surface area contributed by atoms with E-state index in [1.807, 2.05) is 0 Å². The predicted molar refractivity (Wildman–Crippen MR) is 56.5 cm³/mol. The van der Waals surface area contributed by atoms with Crippen molar-refractivity contribution in [3.63, 3.8) is 0 Å². The number of esters is 2. The molecule has 2 aliphatic carbocycles. The van der Waals surface area contributed by atoms with Gasteiger partial charge >= 0.3 is 11.9 Å². The minimum absolute atomic E-state index is 0.107.